The van der Waals surface area contributed by atoms with Gasteiger partial charge in [-0.2, -0.15) is 0 Å². The summed E-state index contributed by atoms with van der Waals surface area (Å²) in [6, 6.07) is 13.1. The number of unbranched alkanes of at least 4 members (excludes halogenated alkanes) is 1. The van der Waals surface area contributed by atoms with Gasteiger partial charge in [0, 0.05) is 29.7 Å². The Morgan fingerprint density at radius 1 is 1.00 bits per heavy atom. The van der Waals surface area contributed by atoms with E-state index in [-0.39, 0.29) is 30.7 Å². The number of carbonyl (C=O) groups is 2. The third-order valence-electron chi connectivity index (χ3n) is 9.50. The van der Waals surface area contributed by atoms with Crippen LogP contribution in [0.3, 0.4) is 0 Å². The highest BCUT2D eigenvalue weighted by Gasteiger charge is 2.46. The lowest BCUT2D eigenvalue weighted by Gasteiger charge is -2.44. The molecule has 1 unspecified atom stereocenters. The molecule has 7 nitrogen and oxygen atoms in total. The molecule has 3 heterocycles. The van der Waals surface area contributed by atoms with Crippen molar-refractivity contribution in [3.05, 3.63) is 65.1 Å². The monoisotopic (exact) mass is 589 g/mol. The molecule has 2 aliphatic heterocycles. The zero-order chi connectivity index (χ0) is 29.8. The fraction of sp³-hybridized carbons (Fsp3) is 0.543. The average Bonchev–Trinajstić information content (AvgIpc) is 3.33. The number of aromatic nitrogens is 1. The molecule has 3 aromatic rings. The molecule has 230 valence electrons. The van der Waals surface area contributed by atoms with Crippen LogP contribution in [0.2, 0.25) is 0 Å². The van der Waals surface area contributed by atoms with Crippen molar-refractivity contribution in [2.24, 2.45) is 0 Å². The summed E-state index contributed by atoms with van der Waals surface area (Å²) in [6.07, 6.45) is 8.98. The van der Waals surface area contributed by atoms with E-state index in [1.807, 2.05) is 28.0 Å². The number of amides is 2. The average molecular weight is 590 g/mol. The van der Waals surface area contributed by atoms with Crippen molar-refractivity contribution in [1.82, 2.24) is 14.4 Å². The van der Waals surface area contributed by atoms with Gasteiger partial charge in [0.2, 0.25) is 5.91 Å². The topological polar surface area (TPSA) is 64.0 Å². The van der Waals surface area contributed by atoms with Gasteiger partial charge in [-0.25, -0.2) is 4.39 Å². The van der Waals surface area contributed by atoms with Gasteiger partial charge in [0.05, 0.1) is 19.7 Å². The first-order chi connectivity index (χ1) is 21.0. The molecule has 1 atom stereocenters. The van der Waals surface area contributed by atoms with Crippen molar-refractivity contribution in [3.63, 3.8) is 0 Å². The summed E-state index contributed by atoms with van der Waals surface area (Å²) in [7, 11) is 0. The lowest BCUT2D eigenvalue weighted by atomic mass is 9.90. The standard InChI is InChI=1S/C35H44FN3O4/c1-2-3-18-37-19-21-42-32-14-7-4-10-26(32)11-8-9-17-35(34(37)41)25-38(20-22-43-35)33(40)24-39-30-13-6-5-12-28(30)29-23-27(36)15-16-31(29)39/h4,7,10,14-16,23H,2-3,5-6,8-9,11-13,17-22,24-25H2,1H3. The van der Waals surface area contributed by atoms with E-state index >= 15 is 0 Å². The molecule has 1 fully saturated rings. The van der Waals surface area contributed by atoms with E-state index in [0.717, 1.165) is 80.1 Å². The Hall–Kier alpha value is -3.39. The fourth-order valence-electron chi connectivity index (χ4n) is 7.20. The maximum Gasteiger partial charge on any atom is 0.256 e. The second-order valence-corrected chi connectivity index (χ2v) is 12.3. The second-order valence-electron chi connectivity index (χ2n) is 12.3. The number of halogens is 1. The van der Waals surface area contributed by atoms with Crippen LogP contribution >= 0.6 is 0 Å². The number of rotatable bonds is 5. The second kappa shape index (κ2) is 13.1. The summed E-state index contributed by atoms with van der Waals surface area (Å²) >= 11 is 0. The number of fused-ring (bicyclic) bond motifs is 4. The number of aryl methyl sites for hydroxylation is 2. The van der Waals surface area contributed by atoms with E-state index in [1.54, 1.807) is 12.1 Å². The normalized spacial score (nSPS) is 21.6. The predicted octanol–water partition coefficient (Wildman–Crippen LogP) is 5.69. The number of nitrogens with zero attached hydrogens (tertiary/aromatic N) is 3. The molecule has 8 heteroatoms. The van der Waals surface area contributed by atoms with Crippen LogP contribution in [0.15, 0.2) is 42.5 Å². The quantitative estimate of drug-likeness (QED) is 0.384. The first kappa shape index (κ1) is 29.7. The Balaban J connectivity index is 1.25. The van der Waals surface area contributed by atoms with Gasteiger partial charge in [-0.15, -0.1) is 0 Å². The van der Waals surface area contributed by atoms with Crippen molar-refractivity contribution in [1.29, 1.82) is 0 Å². The largest absolute Gasteiger partial charge is 0.491 e. The molecule has 2 aromatic carbocycles. The Kier molecular flexibility index (Phi) is 9.03. The summed E-state index contributed by atoms with van der Waals surface area (Å²) < 4.78 is 28.9. The molecular formula is C35H44FN3O4. The van der Waals surface area contributed by atoms with Gasteiger partial charge in [0.25, 0.3) is 5.91 Å². The molecular weight excluding hydrogens is 545 g/mol. The Labute approximate surface area is 253 Å². The van der Waals surface area contributed by atoms with Crippen molar-refractivity contribution in [2.45, 2.75) is 83.3 Å². The fourth-order valence-corrected chi connectivity index (χ4v) is 7.20. The number of carbonyl (C=O) groups excluding carboxylic acids is 2. The van der Waals surface area contributed by atoms with Gasteiger partial charge in [0.1, 0.15) is 24.7 Å². The number of hydrogen-bond acceptors (Lipinski definition) is 4. The molecule has 2 amide bonds. The van der Waals surface area contributed by atoms with Crippen LogP contribution in [0.1, 0.15) is 68.7 Å². The third kappa shape index (κ3) is 6.17. The summed E-state index contributed by atoms with van der Waals surface area (Å²) in [5, 5.41) is 0.922. The van der Waals surface area contributed by atoms with Gasteiger partial charge in [-0.05, 0) is 93.2 Å². The molecule has 0 radical (unpaired) electrons. The van der Waals surface area contributed by atoms with Crippen LogP contribution in [0, 0.1) is 5.82 Å². The van der Waals surface area contributed by atoms with Gasteiger partial charge < -0.3 is 23.8 Å². The van der Waals surface area contributed by atoms with Crippen molar-refractivity contribution in [2.75, 3.05) is 39.4 Å². The highest BCUT2D eigenvalue weighted by atomic mass is 19.1. The molecule has 0 bridgehead atoms. The Morgan fingerprint density at radius 3 is 2.72 bits per heavy atom. The number of para-hydroxylation sites is 1. The molecule has 43 heavy (non-hydrogen) atoms. The molecule has 3 aliphatic rings. The van der Waals surface area contributed by atoms with Gasteiger partial charge in [0.15, 0.2) is 5.60 Å². The maximum atomic E-state index is 14.3. The van der Waals surface area contributed by atoms with Crippen LogP contribution < -0.4 is 4.74 Å². The molecule has 1 saturated heterocycles. The van der Waals surface area contributed by atoms with Crippen LogP contribution in [0.25, 0.3) is 10.9 Å². The van der Waals surface area contributed by atoms with Crippen LogP contribution in [0.5, 0.6) is 5.75 Å². The minimum Gasteiger partial charge on any atom is -0.491 e. The summed E-state index contributed by atoms with van der Waals surface area (Å²) in [6.45, 7) is 4.87. The lowest BCUT2D eigenvalue weighted by molar-refractivity contribution is -0.177. The predicted molar refractivity (Wildman–Crippen MR) is 165 cm³/mol. The van der Waals surface area contributed by atoms with Crippen LogP contribution in [-0.4, -0.2) is 71.2 Å². The summed E-state index contributed by atoms with van der Waals surface area (Å²) in [4.78, 5) is 32.1. The minimum absolute atomic E-state index is 0.0199. The van der Waals surface area contributed by atoms with Gasteiger partial charge >= 0.3 is 0 Å². The van der Waals surface area contributed by atoms with E-state index in [1.165, 1.54) is 17.2 Å². The van der Waals surface area contributed by atoms with E-state index in [9.17, 15) is 14.0 Å². The summed E-state index contributed by atoms with van der Waals surface area (Å²) in [5.74, 6) is 0.597. The maximum absolute atomic E-state index is 14.3. The molecule has 0 saturated carbocycles. The molecule has 1 aliphatic carbocycles. The van der Waals surface area contributed by atoms with Crippen molar-refractivity contribution in [3.8, 4) is 5.75 Å². The number of ether oxygens (including phenoxy) is 2. The Bertz CT molecular complexity index is 1470. The van der Waals surface area contributed by atoms with Crippen LogP contribution in [0.4, 0.5) is 4.39 Å². The number of hydrogen-bond donors (Lipinski definition) is 0. The summed E-state index contributed by atoms with van der Waals surface area (Å²) in [5.41, 5.74) is 3.36. The van der Waals surface area contributed by atoms with Crippen LogP contribution in [-0.2, 0) is 40.1 Å². The first-order valence-electron chi connectivity index (χ1n) is 16.2. The Morgan fingerprint density at radius 2 is 1.84 bits per heavy atom. The highest BCUT2D eigenvalue weighted by molar-refractivity contribution is 5.89. The van der Waals surface area contributed by atoms with Gasteiger partial charge in [-0.3, -0.25) is 9.59 Å². The van der Waals surface area contributed by atoms with E-state index < -0.39 is 5.60 Å². The zero-order valence-electron chi connectivity index (χ0n) is 25.4. The zero-order valence-corrected chi connectivity index (χ0v) is 25.4. The van der Waals surface area contributed by atoms with E-state index in [2.05, 4.69) is 17.6 Å². The first-order valence-corrected chi connectivity index (χ1v) is 16.2. The number of benzene rings is 2. The molecule has 0 N–H and O–H groups in total. The smallest absolute Gasteiger partial charge is 0.256 e. The molecule has 1 aromatic heterocycles. The lowest BCUT2D eigenvalue weighted by Crippen LogP contribution is -2.62. The highest BCUT2D eigenvalue weighted by Crippen LogP contribution is 2.34. The third-order valence-corrected chi connectivity index (χ3v) is 9.50. The van der Waals surface area contributed by atoms with Gasteiger partial charge in [-0.1, -0.05) is 31.5 Å². The van der Waals surface area contributed by atoms with E-state index in [4.69, 9.17) is 9.47 Å². The van der Waals surface area contributed by atoms with Crippen molar-refractivity contribution < 1.29 is 23.5 Å². The number of morpholine rings is 1. The van der Waals surface area contributed by atoms with Crippen molar-refractivity contribution >= 4 is 22.7 Å². The van der Waals surface area contributed by atoms with E-state index in [0.29, 0.717) is 39.3 Å². The molecule has 1 spiro atoms. The minimum atomic E-state index is -1.07. The SMILES string of the molecule is CCCCN1CCOc2ccccc2CCCCC2(CN(C(=O)Cn3c4c(c5cc(F)ccc53)CCCC4)CCO2)C1=O. The molecule has 6 rings (SSSR count).